The summed E-state index contributed by atoms with van der Waals surface area (Å²) >= 11 is 6.00. The van der Waals surface area contributed by atoms with Crippen LogP contribution in [-0.2, 0) is 19.2 Å². The Morgan fingerprint density at radius 1 is 1.06 bits per heavy atom. The molecule has 0 aromatic heterocycles. The van der Waals surface area contributed by atoms with Crippen LogP contribution in [0.15, 0.2) is 23.4 Å². The highest BCUT2D eigenvalue weighted by atomic mass is 35.5. The van der Waals surface area contributed by atoms with Crippen molar-refractivity contribution in [1.29, 1.82) is 0 Å². The minimum Gasteiger partial charge on any atom is -0.482 e. The van der Waals surface area contributed by atoms with Crippen molar-refractivity contribution in [3.05, 3.63) is 28.8 Å². The lowest BCUT2D eigenvalue weighted by atomic mass is 10.0. The number of benzene rings is 1. The molecule has 7 heteroatoms. The van der Waals surface area contributed by atoms with E-state index < -0.39 is 5.97 Å². The third kappa shape index (κ3) is 11.0. The molecule has 0 amide bonds. The molecule has 0 bridgehead atoms. The van der Waals surface area contributed by atoms with Gasteiger partial charge < -0.3 is 14.3 Å². The van der Waals surface area contributed by atoms with Gasteiger partial charge in [0.2, 0.25) is 0 Å². The summed E-state index contributed by atoms with van der Waals surface area (Å²) in [6, 6.07) is 5.20. The summed E-state index contributed by atoms with van der Waals surface area (Å²) < 4.78 is 11.0. The van der Waals surface area contributed by atoms with E-state index in [4.69, 9.17) is 25.9 Å². The average molecular weight is 466 g/mol. The zero-order valence-electron chi connectivity index (χ0n) is 19.4. The Morgan fingerprint density at radius 3 is 2.41 bits per heavy atom. The lowest BCUT2D eigenvalue weighted by molar-refractivity contribution is -0.148. The number of halogens is 1. The Bertz CT molecular complexity index is 765. The van der Waals surface area contributed by atoms with E-state index in [1.54, 1.807) is 18.2 Å². The number of carbonyl (C=O) groups is 2. The van der Waals surface area contributed by atoms with E-state index in [0.29, 0.717) is 30.0 Å². The number of nitrogens with zero attached hydrogens (tertiary/aromatic N) is 1. The summed E-state index contributed by atoms with van der Waals surface area (Å²) in [5, 5.41) is 4.75. The quantitative estimate of drug-likeness (QED) is 0.286. The SMILES string of the molecule is Cc1cc(OCC(=O)O/N=C2/CCCCCCCCCCC(=O)OC(C)CC2)ccc1Cl. The first-order chi connectivity index (χ1) is 15.4. The van der Waals surface area contributed by atoms with Gasteiger partial charge in [0.25, 0.3) is 0 Å². The van der Waals surface area contributed by atoms with Crippen LogP contribution in [0.1, 0.15) is 89.5 Å². The second-order valence-electron chi connectivity index (χ2n) is 8.49. The molecule has 1 saturated heterocycles. The Labute approximate surface area is 196 Å². The van der Waals surface area contributed by atoms with Gasteiger partial charge in [-0.2, -0.15) is 0 Å². The number of esters is 1. The molecule has 1 unspecified atom stereocenters. The maximum atomic E-state index is 12.1. The van der Waals surface area contributed by atoms with Gasteiger partial charge in [-0.05, 0) is 69.7 Å². The Morgan fingerprint density at radius 2 is 1.72 bits per heavy atom. The third-order valence-corrected chi connectivity index (χ3v) is 5.96. The van der Waals surface area contributed by atoms with Crippen LogP contribution in [0.4, 0.5) is 0 Å². The van der Waals surface area contributed by atoms with Crippen molar-refractivity contribution in [2.24, 2.45) is 5.16 Å². The van der Waals surface area contributed by atoms with Gasteiger partial charge >= 0.3 is 11.9 Å². The van der Waals surface area contributed by atoms with E-state index >= 15 is 0 Å². The van der Waals surface area contributed by atoms with Gasteiger partial charge in [0.1, 0.15) is 5.75 Å². The van der Waals surface area contributed by atoms with E-state index in [2.05, 4.69) is 5.16 Å². The standard InChI is InChI=1S/C25H36ClNO5/c1-19-17-22(15-16-23(19)26)30-18-25(29)32-27-21-11-9-7-5-3-4-6-8-10-12-24(28)31-20(2)13-14-21/h15-17,20H,3-14,18H2,1-2H3/b27-21-. The van der Waals surface area contributed by atoms with Crippen molar-refractivity contribution < 1.29 is 23.9 Å². The smallest absolute Gasteiger partial charge is 0.372 e. The molecule has 1 fully saturated rings. The van der Waals surface area contributed by atoms with Gasteiger partial charge in [-0.3, -0.25) is 4.79 Å². The third-order valence-electron chi connectivity index (χ3n) is 5.53. The molecule has 1 atom stereocenters. The van der Waals surface area contributed by atoms with Crippen molar-refractivity contribution in [1.82, 2.24) is 0 Å². The highest BCUT2D eigenvalue weighted by molar-refractivity contribution is 6.31. The van der Waals surface area contributed by atoms with Crippen LogP contribution < -0.4 is 4.74 Å². The van der Waals surface area contributed by atoms with Crippen LogP contribution in [-0.4, -0.2) is 30.4 Å². The molecular weight excluding hydrogens is 430 g/mol. The second-order valence-corrected chi connectivity index (χ2v) is 8.90. The summed E-state index contributed by atoms with van der Waals surface area (Å²) in [6.45, 7) is 3.53. The molecule has 1 heterocycles. The van der Waals surface area contributed by atoms with E-state index in [1.165, 1.54) is 25.7 Å². The Hall–Kier alpha value is -2.08. The first kappa shape index (κ1) is 26.2. The number of hydrogen-bond acceptors (Lipinski definition) is 6. The van der Waals surface area contributed by atoms with Crippen LogP contribution in [0.2, 0.25) is 5.02 Å². The normalized spacial score (nSPS) is 21.0. The number of carbonyl (C=O) groups excluding carboxylic acids is 2. The number of rotatable bonds is 4. The fourth-order valence-electron chi connectivity index (χ4n) is 3.58. The van der Waals surface area contributed by atoms with Crippen LogP contribution in [0.3, 0.4) is 0 Å². The van der Waals surface area contributed by atoms with Crippen molar-refractivity contribution in [3.8, 4) is 5.75 Å². The molecule has 0 N–H and O–H groups in total. The fraction of sp³-hybridized carbons (Fsp3) is 0.640. The first-order valence-electron chi connectivity index (χ1n) is 11.8. The van der Waals surface area contributed by atoms with E-state index in [1.807, 2.05) is 13.8 Å². The van der Waals surface area contributed by atoms with E-state index in [-0.39, 0.29) is 18.7 Å². The number of aryl methyl sites for hydroxylation is 1. The minimum atomic E-state index is -0.559. The molecular formula is C25H36ClNO5. The van der Waals surface area contributed by atoms with Crippen molar-refractivity contribution >= 4 is 29.3 Å². The summed E-state index contributed by atoms with van der Waals surface area (Å²) in [7, 11) is 0. The van der Waals surface area contributed by atoms with Gasteiger partial charge in [0.05, 0.1) is 11.8 Å². The van der Waals surface area contributed by atoms with Crippen LogP contribution >= 0.6 is 11.6 Å². The molecule has 1 aliphatic heterocycles. The maximum absolute atomic E-state index is 12.1. The van der Waals surface area contributed by atoms with Crippen LogP contribution in [0.5, 0.6) is 5.75 Å². The molecule has 178 valence electrons. The van der Waals surface area contributed by atoms with Gasteiger partial charge in [-0.25, -0.2) is 4.79 Å². The summed E-state index contributed by atoms with van der Waals surface area (Å²) in [4.78, 5) is 29.2. The first-order valence-corrected chi connectivity index (χ1v) is 12.2. The largest absolute Gasteiger partial charge is 0.482 e. The molecule has 6 nitrogen and oxygen atoms in total. The molecule has 0 radical (unpaired) electrons. The van der Waals surface area contributed by atoms with E-state index in [9.17, 15) is 9.59 Å². The highest BCUT2D eigenvalue weighted by Crippen LogP contribution is 2.21. The van der Waals surface area contributed by atoms with Crippen molar-refractivity contribution in [2.75, 3.05) is 6.61 Å². The zero-order chi connectivity index (χ0) is 23.2. The molecule has 1 aromatic rings. The number of hydrogen-bond donors (Lipinski definition) is 0. The predicted octanol–water partition coefficient (Wildman–Crippen LogP) is 6.55. The lowest BCUT2D eigenvalue weighted by Gasteiger charge is -2.14. The van der Waals surface area contributed by atoms with Gasteiger partial charge in [-0.1, -0.05) is 55.3 Å². The van der Waals surface area contributed by atoms with Crippen molar-refractivity contribution in [3.63, 3.8) is 0 Å². The molecule has 0 spiro atoms. The summed E-state index contributed by atoms with van der Waals surface area (Å²) in [5.41, 5.74) is 1.69. The minimum absolute atomic E-state index is 0.135. The second kappa shape index (κ2) is 14.9. The Kier molecular flexibility index (Phi) is 12.2. The highest BCUT2D eigenvalue weighted by Gasteiger charge is 2.13. The molecule has 1 aliphatic rings. The number of oxime groups is 1. The van der Waals surface area contributed by atoms with Gasteiger partial charge in [0.15, 0.2) is 6.61 Å². The van der Waals surface area contributed by atoms with Crippen LogP contribution in [0.25, 0.3) is 0 Å². The van der Waals surface area contributed by atoms with Crippen molar-refractivity contribution in [2.45, 2.75) is 97.0 Å². The molecule has 2 rings (SSSR count). The average Bonchev–Trinajstić information content (AvgIpc) is 2.76. The van der Waals surface area contributed by atoms with Crippen LogP contribution in [0, 0.1) is 6.92 Å². The van der Waals surface area contributed by atoms with Gasteiger partial charge in [-0.15, -0.1) is 0 Å². The number of ether oxygens (including phenoxy) is 2. The molecule has 1 aromatic carbocycles. The molecule has 32 heavy (non-hydrogen) atoms. The molecule has 0 aliphatic carbocycles. The monoisotopic (exact) mass is 465 g/mol. The topological polar surface area (TPSA) is 74.2 Å². The van der Waals surface area contributed by atoms with Gasteiger partial charge in [0, 0.05) is 11.4 Å². The Balaban J connectivity index is 1.86. The predicted molar refractivity (Wildman–Crippen MR) is 126 cm³/mol. The zero-order valence-corrected chi connectivity index (χ0v) is 20.1. The molecule has 0 saturated carbocycles. The summed E-state index contributed by atoms with van der Waals surface area (Å²) in [6.07, 6.45) is 11.3. The maximum Gasteiger partial charge on any atom is 0.372 e. The number of cyclic esters (lactones) is 1. The van der Waals surface area contributed by atoms with E-state index in [0.717, 1.165) is 43.4 Å². The summed E-state index contributed by atoms with van der Waals surface area (Å²) in [5.74, 6) is -0.141. The fourth-order valence-corrected chi connectivity index (χ4v) is 3.70. The lowest BCUT2D eigenvalue weighted by Crippen LogP contribution is -2.17.